The lowest BCUT2D eigenvalue weighted by Crippen LogP contribution is -2.43. The van der Waals surface area contributed by atoms with Crippen LogP contribution in [0.2, 0.25) is 0 Å². The zero-order chi connectivity index (χ0) is 12.4. The molecule has 0 fully saturated rings. The molecule has 0 aliphatic carbocycles. The fourth-order valence-electron chi connectivity index (χ4n) is 1.41. The van der Waals surface area contributed by atoms with Gasteiger partial charge in [0.2, 0.25) is 5.69 Å². The van der Waals surface area contributed by atoms with Crippen LogP contribution < -0.4 is 20.8 Å². The van der Waals surface area contributed by atoms with Gasteiger partial charge in [0.05, 0.1) is 13.2 Å². The van der Waals surface area contributed by atoms with E-state index in [1.54, 1.807) is 24.3 Å². The second-order valence-electron chi connectivity index (χ2n) is 3.23. The largest absolute Gasteiger partial charge is 0.497 e. The summed E-state index contributed by atoms with van der Waals surface area (Å²) >= 11 is 0. The smallest absolute Gasteiger partial charge is 0.441 e. The topological polar surface area (TPSA) is 102 Å². The first kappa shape index (κ1) is 10.9. The Morgan fingerprint density at radius 2 is 2.29 bits per heavy atom. The molecule has 0 aliphatic rings. The molecule has 2 aromatic rings. The predicted molar refractivity (Wildman–Crippen MR) is 55.9 cm³/mol. The number of hydrogen-bond acceptors (Lipinski definition) is 4. The fourth-order valence-corrected chi connectivity index (χ4v) is 1.41. The summed E-state index contributed by atoms with van der Waals surface area (Å²) in [5.74, 6) is -0.296. The number of primary amides is 1. The summed E-state index contributed by atoms with van der Waals surface area (Å²) < 4.78 is 10.7. The minimum Gasteiger partial charge on any atom is -0.497 e. The average Bonchev–Trinajstić information content (AvgIpc) is 2.71. The van der Waals surface area contributed by atoms with Crippen LogP contribution in [0.25, 0.3) is 5.69 Å². The number of aromatic nitrogens is 2. The van der Waals surface area contributed by atoms with E-state index in [1.807, 2.05) is 0 Å². The third kappa shape index (κ3) is 1.89. The van der Waals surface area contributed by atoms with E-state index < -0.39 is 11.5 Å². The Labute approximate surface area is 95.4 Å². The summed E-state index contributed by atoms with van der Waals surface area (Å²) in [5, 5.41) is 2.30. The van der Waals surface area contributed by atoms with Crippen molar-refractivity contribution in [1.82, 2.24) is 5.27 Å². The van der Waals surface area contributed by atoms with Crippen molar-refractivity contribution < 1.29 is 18.7 Å². The molecule has 2 rings (SSSR count). The number of amides is 1. The molecule has 0 unspecified atom stereocenters. The van der Waals surface area contributed by atoms with E-state index in [4.69, 9.17) is 10.5 Å². The average molecular weight is 236 g/mol. The van der Waals surface area contributed by atoms with Gasteiger partial charge >= 0.3 is 17.2 Å². The molecule has 7 nitrogen and oxygen atoms in total. The van der Waals surface area contributed by atoms with Crippen molar-refractivity contribution in [2.24, 2.45) is 5.73 Å². The van der Waals surface area contributed by atoms with Crippen LogP contribution in [0.1, 0.15) is 10.5 Å². The Morgan fingerprint density at radius 3 is 2.94 bits per heavy atom. The molecular weight excluding hydrogens is 226 g/mol. The van der Waals surface area contributed by atoms with Crippen LogP contribution in [-0.4, -0.2) is 18.3 Å². The molecule has 0 bridgehead atoms. The van der Waals surface area contributed by atoms with Gasteiger partial charge in [-0.1, -0.05) is 6.07 Å². The summed E-state index contributed by atoms with van der Waals surface area (Å²) in [4.78, 5) is 22.4. The molecule has 0 radical (unpaired) electrons. The maximum atomic E-state index is 11.3. The van der Waals surface area contributed by atoms with Crippen molar-refractivity contribution in [3.8, 4) is 11.4 Å². The van der Waals surface area contributed by atoms with E-state index in [1.165, 1.54) is 7.11 Å². The number of benzene rings is 1. The normalized spacial score (nSPS) is 10.2. The number of H-pyrrole nitrogens is 1. The van der Waals surface area contributed by atoms with Crippen molar-refractivity contribution in [3.05, 3.63) is 40.4 Å². The molecule has 17 heavy (non-hydrogen) atoms. The van der Waals surface area contributed by atoms with E-state index in [0.29, 0.717) is 11.4 Å². The highest BCUT2D eigenvalue weighted by Crippen LogP contribution is 2.11. The number of rotatable bonds is 3. The van der Waals surface area contributed by atoms with Crippen LogP contribution in [0.5, 0.6) is 5.75 Å². The summed E-state index contributed by atoms with van der Waals surface area (Å²) in [6.07, 6.45) is 0. The van der Waals surface area contributed by atoms with E-state index in [0.717, 1.165) is 4.68 Å². The van der Waals surface area contributed by atoms with Crippen molar-refractivity contribution >= 4 is 5.91 Å². The van der Waals surface area contributed by atoms with Crippen LogP contribution in [0, 0.1) is 0 Å². The Balaban J connectivity index is 2.60. The molecule has 0 saturated heterocycles. The number of nitrogens with two attached hydrogens (primary N) is 1. The highest BCUT2D eigenvalue weighted by Gasteiger charge is 2.28. The monoisotopic (exact) mass is 236 g/mol. The molecule has 1 aromatic carbocycles. The molecule has 0 aliphatic heterocycles. The Hall–Kier alpha value is -2.57. The lowest BCUT2D eigenvalue weighted by atomic mass is 10.3. The maximum absolute atomic E-state index is 11.3. The van der Waals surface area contributed by atoms with Gasteiger partial charge in [-0.15, -0.1) is 0 Å². The quantitative estimate of drug-likeness (QED) is 0.691. The van der Waals surface area contributed by atoms with Crippen LogP contribution in [0.3, 0.4) is 0 Å². The minimum atomic E-state index is -0.872. The minimum absolute atomic E-state index is 0.279. The summed E-state index contributed by atoms with van der Waals surface area (Å²) in [7, 11) is 1.51. The zero-order valence-electron chi connectivity index (χ0n) is 8.97. The van der Waals surface area contributed by atoms with Gasteiger partial charge in [-0.25, -0.2) is 4.79 Å². The van der Waals surface area contributed by atoms with E-state index in [-0.39, 0.29) is 5.69 Å². The number of methoxy groups -OCH3 is 1. The van der Waals surface area contributed by atoms with Crippen molar-refractivity contribution in [3.63, 3.8) is 0 Å². The van der Waals surface area contributed by atoms with E-state index >= 15 is 0 Å². The highest BCUT2D eigenvalue weighted by molar-refractivity contribution is 5.88. The molecular formula is C10H10N3O4+. The number of hydrogen-bond donors (Lipinski definition) is 2. The number of aromatic amines is 1. The third-order valence-electron chi connectivity index (χ3n) is 2.19. The van der Waals surface area contributed by atoms with Crippen molar-refractivity contribution in [2.45, 2.75) is 0 Å². The van der Waals surface area contributed by atoms with Crippen LogP contribution >= 0.6 is 0 Å². The molecule has 7 heteroatoms. The third-order valence-corrected chi connectivity index (χ3v) is 2.19. The SMILES string of the molecule is COc1cccc(-[n+]2[nH]oc(=O)c2C(N)=O)c1. The zero-order valence-corrected chi connectivity index (χ0v) is 8.97. The Morgan fingerprint density at radius 1 is 1.53 bits per heavy atom. The lowest BCUT2D eigenvalue weighted by Gasteiger charge is -1.97. The molecule has 1 aromatic heterocycles. The Bertz CT molecular complexity index is 614. The van der Waals surface area contributed by atoms with Gasteiger partial charge in [0.25, 0.3) is 0 Å². The summed E-state index contributed by atoms with van der Waals surface area (Å²) in [6, 6.07) is 6.72. The molecule has 3 N–H and O–H groups in total. The van der Waals surface area contributed by atoms with Gasteiger partial charge in [-0.05, 0) is 16.0 Å². The van der Waals surface area contributed by atoms with Gasteiger partial charge in [0.1, 0.15) is 5.75 Å². The first-order valence-corrected chi connectivity index (χ1v) is 4.71. The molecule has 0 spiro atoms. The number of ether oxygens (including phenoxy) is 1. The van der Waals surface area contributed by atoms with Gasteiger partial charge < -0.3 is 10.5 Å². The van der Waals surface area contributed by atoms with Gasteiger partial charge in [-0.2, -0.15) is 0 Å². The van der Waals surface area contributed by atoms with Gasteiger partial charge in [0, 0.05) is 6.07 Å². The van der Waals surface area contributed by atoms with E-state index in [2.05, 4.69) is 9.79 Å². The molecule has 0 saturated carbocycles. The predicted octanol–water partition coefficient (Wildman–Crippen LogP) is -0.648. The maximum Gasteiger partial charge on any atom is 0.441 e. The highest BCUT2D eigenvalue weighted by atomic mass is 16.5. The molecule has 1 heterocycles. The molecule has 0 atom stereocenters. The van der Waals surface area contributed by atoms with Crippen molar-refractivity contribution in [1.29, 1.82) is 0 Å². The summed E-state index contributed by atoms with van der Waals surface area (Å²) in [5.41, 5.74) is 4.50. The number of nitrogens with one attached hydrogen (secondary N) is 1. The standard InChI is InChI=1S/C10H9N3O4/c1-16-7-4-2-3-6(5-7)13-8(9(11)14)10(15)17-12-13/h2-5H,1H3,(H2-,11,12,14,15)/p+1. The first-order chi connectivity index (χ1) is 8.13. The fraction of sp³-hybridized carbons (Fsp3) is 0.100. The van der Waals surface area contributed by atoms with Crippen LogP contribution in [-0.2, 0) is 0 Å². The number of carbonyl (C=O) groups excluding carboxylic acids is 1. The second-order valence-corrected chi connectivity index (χ2v) is 3.23. The molecule has 1 amide bonds. The van der Waals surface area contributed by atoms with Crippen LogP contribution in [0.4, 0.5) is 0 Å². The lowest BCUT2D eigenvalue weighted by molar-refractivity contribution is -0.672. The number of nitrogens with zero attached hydrogens (tertiary/aromatic N) is 1. The Kier molecular flexibility index (Phi) is 2.65. The van der Waals surface area contributed by atoms with Crippen LogP contribution in [0.15, 0.2) is 33.6 Å². The van der Waals surface area contributed by atoms with Crippen molar-refractivity contribution in [2.75, 3.05) is 7.11 Å². The van der Waals surface area contributed by atoms with E-state index in [9.17, 15) is 9.59 Å². The first-order valence-electron chi connectivity index (χ1n) is 4.71. The number of carbonyl (C=O) groups is 1. The summed E-state index contributed by atoms with van der Waals surface area (Å²) in [6.45, 7) is 0. The van der Waals surface area contributed by atoms with Gasteiger partial charge in [-0.3, -0.25) is 9.32 Å². The van der Waals surface area contributed by atoms with Gasteiger partial charge in [0.15, 0.2) is 0 Å². The molecule has 88 valence electrons. The second kappa shape index (κ2) is 4.12.